The lowest BCUT2D eigenvalue weighted by Crippen LogP contribution is -2.12. The summed E-state index contributed by atoms with van der Waals surface area (Å²) in [6.45, 7) is -0.0566. The maximum atomic E-state index is 12.1. The number of hydrogen-bond acceptors (Lipinski definition) is 3. The summed E-state index contributed by atoms with van der Waals surface area (Å²) in [5.74, 6) is 0.515. The van der Waals surface area contributed by atoms with Crippen LogP contribution in [0.1, 0.15) is 10.4 Å². The maximum Gasteiger partial charge on any atom is 0.201 e. The molecule has 5 heteroatoms. The third-order valence-corrected chi connectivity index (χ3v) is 3.98. The van der Waals surface area contributed by atoms with Gasteiger partial charge in [-0.2, -0.15) is 0 Å². The first-order valence-electron chi connectivity index (χ1n) is 5.86. The van der Waals surface area contributed by atoms with E-state index in [0.29, 0.717) is 21.4 Å². The van der Waals surface area contributed by atoms with Crippen molar-refractivity contribution in [3.63, 3.8) is 0 Å². The number of para-hydroxylation sites is 1. The Morgan fingerprint density at radius 2 is 1.95 bits per heavy atom. The summed E-state index contributed by atoms with van der Waals surface area (Å²) in [5, 5.41) is 0.837. The monoisotopic (exact) mass is 326 g/mol. The minimum Gasteiger partial charge on any atom is -0.484 e. The second-order valence-corrected chi connectivity index (χ2v) is 5.68. The number of rotatable bonds is 5. The predicted octanol–water partition coefficient (Wildman–Crippen LogP) is 4.98. The molecule has 0 atom stereocenters. The zero-order chi connectivity index (χ0) is 14.5. The highest BCUT2D eigenvalue weighted by Gasteiger charge is 2.12. The first-order valence-corrected chi connectivity index (χ1v) is 7.84. The van der Waals surface area contributed by atoms with Gasteiger partial charge in [-0.15, -0.1) is 11.8 Å². The number of ether oxygens (including phenoxy) is 1. The fourth-order valence-corrected chi connectivity index (χ4v) is 2.73. The Bertz CT molecular complexity index is 629. The van der Waals surface area contributed by atoms with Gasteiger partial charge in [0.15, 0.2) is 6.61 Å². The molecular weight excluding hydrogens is 315 g/mol. The molecule has 0 amide bonds. The van der Waals surface area contributed by atoms with E-state index in [2.05, 4.69) is 0 Å². The van der Waals surface area contributed by atoms with Crippen LogP contribution >= 0.6 is 35.0 Å². The molecule has 2 aromatic carbocycles. The van der Waals surface area contributed by atoms with Crippen molar-refractivity contribution < 1.29 is 9.53 Å². The Morgan fingerprint density at radius 3 is 2.65 bits per heavy atom. The number of halogens is 2. The van der Waals surface area contributed by atoms with E-state index >= 15 is 0 Å². The average Bonchev–Trinajstić information content (AvgIpc) is 2.45. The molecule has 2 aromatic rings. The summed E-state index contributed by atoms with van der Waals surface area (Å²) >= 11 is 13.4. The number of benzene rings is 2. The SMILES string of the molecule is CSc1ccccc1OCC(=O)c1ccc(Cl)cc1Cl. The lowest BCUT2D eigenvalue weighted by atomic mass is 10.1. The molecule has 0 N–H and O–H groups in total. The maximum absolute atomic E-state index is 12.1. The van der Waals surface area contributed by atoms with Crippen LogP contribution in [0, 0.1) is 0 Å². The molecule has 0 aromatic heterocycles. The van der Waals surface area contributed by atoms with Gasteiger partial charge >= 0.3 is 0 Å². The molecule has 0 bridgehead atoms. The number of thioether (sulfide) groups is 1. The van der Waals surface area contributed by atoms with Gasteiger partial charge in [-0.1, -0.05) is 35.3 Å². The fraction of sp³-hybridized carbons (Fsp3) is 0.133. The first-order chi connectivity index (χ1) is 9.61. The van der Waals surface area contributed by atoms with Crippen LogP contribution in [-0.4, -0.2) is 18.6 Å². The fourth-order valence-electron chi connectivity index (χ4n) is 1.67. The summed E-state index contributed by atoms with van der Waals surface area (Å²) in [6, 6.07) is 12.4. The van der Waals surface area contributed by atoms with E-state index in [4.69, 9.17) is 27.9 Å². The van der Waals surface area contributed by atoms with Gasteiger partial charge in [-0.25, -0.2) is 0 Å². The summed E-state index contributed by atoms with van der Waals surface area (Å²) in [7, 11) is 0. The smallest absolute Gasteiger partial charge is 0.201 e. The van der Waals surface area contributed by atoms with Crippen molar-refractivity contribution in [3.8, 4) is 5.75 Å². The molecule has 0 aliphatic rings. The number of carbonyl (C=O) groups is 1. The molecule has 20 heavy (non-hydrogen) atoms. The zero-order valence-electron chi connectivity index (χ0n) is 10.7. The van der Waals surface area contributed by atoms with Crippen LogP contribution in [-0.2, 0) is 0 Å². The van der Waals surface area contributed by atoms with E-state index in [-0.39, 0.29) is 12.4 Å². The van der Waals surface area contributed by atoms with Crippen LogP contribution < -0.4 is 4.74 Å². The highest BCUT2D eigenvalue weighted by Crippen LogP contribution is 2.27. The van der Waals surface area contributed by atoms with Gasteiger partial charge < -0.3 is 4.74 Å². The molecule has 0 unspecified atom stereocenters. The van der Waals surface area contributed by atoms with Gasteiger partial charge in [-0.3, -0.25) is 4.79 Å². The van der Waals surface area contributed by atoms with Crippen molar-refractivity contribution in [1.29, 1.82) is 0 Å². The minimum absolute atomic E-state index is 0.0566. The van der Waals surface area contributed by atoms with Crippen molar-refractivity contribution in [2.24, 2.45) is 0 Å². The third kappa shape index (κ3) is 3.69. The van der Waals surface area contributed by atoms with Gasteiger partial charge in [0.25, 0.3) is 0 Å². The largest absolute Gasteiger partial charge is 0.484 e. The van der Waals surface area contributed by atoms with E-state index in [0.717, 1.165) is 4.90 Å². The summed E-state index contributed by atoms with van der Waals surface area (Å²) in [4.78, 5) is 13.1. The van der Waals surface area contributed by atoms with Gasteiger partial charge in [0.05, 0.1) is 5.02 Å². The number of Topliss-reactive ketones (excluding diaryl/α,β-unsaturated/α-hetero) is 1. The molecule has 2 rings (SSSR count). The molecule has 0 aliphatic heterocycles. The van der Waals surface area contributed by atoms with Gasteiger partial charge in [0, 0.05) is 15.5 Å². The minimum atomic E-state index is -0.178. The molecule has 0 heterocycles. The van der Waals surface area contributed by atoms with Crippen molar-refractivity contribution in [2.45, 2.75) is 4.90 Å². The normalized spacial score (nSPS) is 10.3. The average molecular weight is 327 g/mol. The molecule has 2 nitrogen and oxygen atoms in total. The van der Waals surface area contributed by atoms with Crippen LogP contribution in [0.15, 0.2) is 47.4 Å². The second kappa shape index (κ2) is 7.02. The van der Waals surface area contributed by atoms with Gasteiger partial charge in [0.1, 0.15) is 5.75 Å². The summed E-state index contributed by atoms with van der Waals surface area (Å²) in [6.07, 6.45) is 1.96. The van der Waals surface area contributed by atoms with E-state index in [1.807, 2.05) is 30.5 Å². The van der Waals surface area contributed by atoms with Crippen LogP contribution in [0.4, 0.5) is 0 Å². The lowest BCUT2D eigenvalue weighted by Gasteiger charge is -2.09. The number of hydrogen-bond donors (Lipinski definition) is 0. The molecule has 0 radical (unpaired) electrons. The second-order valence-electron chi connectivity index (χ2n) is 3.99. The van der Waals surface area contributed by atoms with E-state index in [9.17, 15) is 4.79 Å². The van der Waals surface area contributed by atoms with Crippen LogP contribution in [0.25, 0.3) is 0 Å². The van der Waals surface area contributed by atoms with E-state index < -0.39 is 0 Å². The summed E-state index contributed by atoms with van der Waals surface area (Å²) < 4.78 is 5.57. The Kier molecular flexibility index (Phi) is 5.35. The lowest BCUT2D eigenvalue weighted by molar-refractivity contribution is 0.0919. The molecule has 0 spiro atoms. The van der Waals surface area contributed by atoms with Crippen molar-refractivity contribution in [1.82, 2.24) is 0 Å². The van der Waals surface area contributed by atoms with Crippen LogP contribution in [0.2, 0.25) is 10.0 Å². The van der Waals surface area contributed by atoms with Gasteiger partial charge in [-0.05, 0) is 36.6 Å². The van der Waals surface area contributed by atoms with E-state index in [1.54, 1.807) is 30.0 Å². The quantitative estimate of drug-likeness (QED) is 0.572. The zero-order valence-corrected chi connectivity index (χ0v) is 13.1. The van der Waals surface area contributed by atoms with Crippen LogP contribution in [0.3, 0.4) is 0 Å². The Morgan fingerprint density at radius 1 is 1.20 bits per heavy atom. The topological polar surface area (TPSA) is 26.3 Å². The van der Waals surface area contributed by atoms with Gasteiger partial charge in [0.2, 0.25) is 5.78 Å². The Balaban J connectivity index is 2.09. The van der Waals surface area contributed by atoms with Crippen molar-refractivity contribution in [3.05, 3.63) is 58.1 Å². The molecule has 0 saturated heterocycles. The highest BCUT2D eigenvalue weighted by molar-refractivity contribution is 7.98. The molecule has 0 aliphatic carbocycles. The molecule has 0 saturated carbocycles. The number of ketones is 1. The van der Waals surface area contributed by atoms with Crippen LogP contribution in [0.5, 0.6) is 5.75 Å². The molecule has 104 valence electrons. The Labute approximate surface area is 132 Å². The molecule has 0 fully saturated rings. The molecular formula is C15H12Cl2O2S. The summed E-state index contributed by atoms with van der Waals surface area (Å²) in [5.41, 5.74) is 0.415. The third-order valence-electron chi connectivity index (χ3n) is 2.66. The highest BCUT2D eigenvalue weighted by atomic mass is 35.5. The van der Waals surface area contributed by atoms with E-state index in [1.165, 1.54) is 0 Å². The Hall–Kier alpha value is -1.16. The van der Waals surface area contributed by atoms with Crippen molar-refractivity contribution >= 4 is 40.7 Å². The standard InChI is InChI=1S/C15H12Cl2O2S/c1-20-15-5-3-2-4-14(15)19-9-13(18)11-7-6-10(16)8-12(11)17/h2-8H,9H2,1H3. The predicted molar refractivity (Wildman–Crippen MR) is 84.5 cm³/mol. The first kappa shape index (κ1) is 15.2. The number of carbonyl (C=O) groups excluding carboxylic acids is 1. The van der Waals surface area contributed by atoms with Crippen molar-refractivity contribution in [2.75, 3.05) is 12.9 Å².